The third-order valence-electron chi connectivity index (χ3n) is 5.01. The van der Waals surface area contributed by atoms with E-state index in [0.717, 1.165) is 28.5 Å². The lowest BCUT2D eigenvalue weighted by Gasteiger charge is -2.35. The summed E-state index contributed by atoms with van der Waals surface area (Å²) in [6.45, 7) is 8.90. The molecule has 2 aromatic heterocycles. The van der Waals surface area contributed by atoms with Gasteiger partial charge in [0.25, 0.3) is 0 Å². The van der Waals surface area contributed by atoms with Crippen molar-refractivity contribution in [1.29, 1.82) is 0 Å². The van der Waals surface area contributed by atoms with Crippen molar-refractivity contribution in [2.75, 3.05) is 37.7 Å². The van der Waals surface area contributed by atoms with Gasteiger partial charge in [0.2, 0.25) is 0 Å². The normalized spacial score (nSPS) is 14.4. The molecule has 30 heavy (non-hydrogen) atoms. The Labute approximate surface area is 176 Å². The molecule has 1 aliphatic heterocycles. The van der Waals surface area contributed by atoms with Gasteiger partial charge in [-0.2, -0.15) is 0 Å². The van der Waals surface area contributed by atoms with Crippen molar-refractivity contribution in [2.24, 2.45) is 0 Å². The number of nitrogens with zero attached hydrogens (tertiary/aromatic N) is 5. The minimum absolute atomic E-state index is 0.112. The summed E-state index contributed by atoms with van der Waals surface area (Å²) in [5.41, 5.74) is 2.62. The van der Waals surface area contributed by atoms with E-state index in [4.69, 9.17) is 14.6 Å². The second-order valence-electron chi connectivity index (χ2n) is 7.44. The zero-order chi connectivity index (χ0) is 21.1. The molecule has 1 amide bonds. The average molecular weight is 409 g/mol. The zero-order valence-electron chi connectivity index (χ0n) is 17.6. The first-order chi connectivity index (χ1) is 14.6. The van der Waals surface area contributed by atoms with Crippen molar-refractivity contribution >= 4 is 17.6 Å². The van der Waals surface area contributed by atoms with Crippen LogP contribution in [0.1, 0.15) is 20.8 Å². The second kappa shape index (κ2) is 8.61. The standard InChI is InChI=1S/C22H27N5O3/c1-4-29-19-8-6-5-7-17(19)18-15-23-20-9-10-21(24-27(18)20)25-11-13-26(14-12-25)22(28)30-16(2)3/h5-10,15-16H,4,11-14H2,1-3H3. The molecule has 0 unspecified atom stereocenters. The van der Waals surface area contributed by atoms with Crippen LogP contribution in [-0.2, 0) is 4.74 Å². The van der Waals surface area contributed by atoms with Crippen LogP contribution >= 0.6 is 0 Å². The molecule has 4 rings (SSSR count). The van der Waals surface area contributed by atoms with Crippen LogP contribution in [0.5, 0.6) is 5.75 Å². The van der Waals surface area contributed by atoms with E-state index in [2.05, 4.69) is 9.88 Å². The summed E-state index contributed by atoms with van der Waals surface area (Å²) in [5.74, 6) is 1.67. The third-order valence-corrected chi connectivity index (χ3v) is 5.01. The van der Waals surface area contributed by atoms with E-state index in [1.54, 1.807) is 4.90 Å². The summed E-state index contributed by atoms with van der Waals surface area (Å²) in [7, 11) is 0. The lowest BCUT2D eigenvalue weighted by Crippen LogP contribution is -2.49. The molecule has 0 spiro atoms. The minimum atomic E-state index is -0.252. The van der Waals surface area contributed by atoms with Crippen LogP contribution in [0.2, 0.25) is 0 Å². The number of fused-ring (bicyclic) bond motifs is 1. The van der Waals surface area contributed by atoms with Gasteiger partial charge < -0.3 is 19.3 Å². The summed E-state index contributed by atoms with van der Waals surface area (Å²) >= 11 is 0. The predicted molar refractivity (Wildman–Crippen MR) is 115 cm³/mol. The van der Waals surface area contributed by atoms with Crippen LogP contribution in [0.3, 0.4) is 0 Å². The minimum Gasteiger partial charge on any atom is -0.493 e. The molecule has 158 valence electrons. The Bertz CT molecular complexity index is 1020. The van der Waals surface area contributed by atoms with Crippen LogP contribution in [0.4, 0.5) is 10.6 Å². The lowest BCUT2D eigenvalue weighted by atomic mass is 10.1. The monoisotopic (exact) mass is 409 g/mol. The van der Waals surface area contributed by atoms with E-state index in [-0.39, 0.29) is 12.2 Å². The first-order valence-corrected chi connectivity index (χ1v) is 10.3. The maximum absolute atomic E-state index is 12.1. The van der Waals surface area contributed by atoms with Gasteiger partial charge in [-0.05, 0) is 45.0 Å². The van der Waals surface area contributed by atoms with Crippen LogP contribution in [-0.4, -0.2) is 64.5 Å². The molecule has 0 aliphatic carbocycles. The van der Waals surface area contributed by atoms with Crippen molar-refractivity contribution in [3.05, 3.63) is 42.6 Å². The molecular formula is C22H27N5O3. The van der Waals surface area contributed by atoms with Crippen molar-refractivity contribution < 1.29 is 14.3 Å². The fraction of sp³-hybridized carbons (Fsp3) is 0.409. The molecule has 8 heteroatoms. The number of ether oxygens (including phenoxy) is 2. The van der Waals surface area contributed by atoms with Crippen molar-refractivity contribution in [3.8, 4) is 17.0 Å². The molecule has 3 aromatic rings. The molecule has 1 fully saturated rings. The topological polar surface area (TPSA) is 72.2 Å². The first-order valence-electron chi connectivity index (χ1n) is 10.3. The molecular weight excluding hydrogens is 382 g/mol. The maximum atomic E-state index is 12.1. The van der Waals surface area contributed by atoms with Crippen molar-refractivity contribution in [2.45, 2.75) is 26.9 Å². The SMILES string of the molecule is CCOc1ccccc1-c1cnc2ccc(N3CCN(C(=O)OC(C)C)CC3)nn12. The predicted octanol–water partition coefficient (Wildman–Crippen LogP) is 3.46. The molecule has 1 aromatic carbocycles. The van der Waals surface area contributed by atoms with Gasteiger partial charge in [-0.3, -0.25) is 0 Å². The van der Waals surface area contributed by atoms with Crippen molar-refractivity contribution in [1.82, 2.24) is 19.5 Å². The fourth-order valence-electron chi connectivity index (χ4n) is 3.57. The number of para-hydroxylation sites is 1. The number of imidazole rings is 1. The highest BCUT2D eigenvalue weighted by atomic mass is 16.6. The Kier molecular flexibility index (Phi) is 5.74. The summed E-state index contributed by atoms with van der Waals surface area (Å²) in [5, 5.41) is 4.84. The number of anilines is 1. The lowest BCUT2D eigenvalue weighted by molar-refractivity contribution is 0.0751. The number of carbonyl (C=O) groups excluding carboxylic acids is 1. The number of piperazine rings is 1. The quantitative estimate of drug-likeness (QED) is 0.643. The Morgan fingerprint density at radius 2 is 1.87 bits per heavy atom. The van der Waals surface area contributed by atoms with Crippen LogP contribution in [0.15, 0.2) is 42.6 Å². The summed E-state index contributed by atoms with van der Waals surface area (Å²) < 4.78 is 12.9. The Hall–Kier alpha value is -3.29. The molecule has 0 N–H and O–H groups in total. The van der Waals surface area contributed by atoms with E-state index in [0.29, 0.717) is 32.8 Å². The Morgan fingerprint density at radius 1 is 1.10 bits per heavy atom. The van der Waals surface area contributed by atoms with Gasteiger partial charge in [0.1, 0.15) is 11.6 Å². The number of amides is 1. The number of rotatable bonds is 5. The highest BCUT2D eigenvalue weighted by Gasteiger charge is 2.24. The Morgan fingerprint density at radius 3 is 2.60 bits per heavy atom. The number of benzene rings is 1. The van der Waals surface area contributed by atoms with E-state index < -0.39 is 0 Å². The summed E-state index contributed by atoms with van der Waals surface area (Å²) in [6.07, 6.45) is 1.46. The molecule has 0 atom stereocenters. The molecule has 1 saturated heterocycles. The second-order valence-corrected chi connectivity index (χ2v) is 7.44. The average Bonchev–Trinajstić information content (AvgIpc) is 3.17. The highest BCUT2D eigenvalue weighted by Crippen LogP contribution is 2.30. The van der Waals surface area contributed by atoms with E-state index in [1.807, 2.05) is 67.9 Å². The molecule has 8 nitrogen and oxygen atoms in total. The van der Waals surface area contributed by atoms with Gasteiger partial charge in [0.05, 0.1) is 24.6 Å². The van der Waals surface area contributed by atoms with Gasteiger partial charge in [-0.15, -0.1) is 5.10 Å². The van der Waals surface area contributed by atoms with Crippen LogP contribution < -0.4 is 9.64 Å². The number of hydrogen-bond acceptors (Lipinski definition) is 6. The molecule has 0 bridgehead atoms. The van der Waals surface area contributed by atoms with Crippen molar-refractivity contribution in [3.63, 3.8) is 0 Å². The van der Waals surface area contributed by atoms with E-state index in [1.165, 1.54) is 0 Å². The van der Waals surface area contributed by atoms with Gasteiger partial charge >= 0.3 is 6.09 Å². The molecule has 0 saturated carbocycles. The van der Waals surface area contributed by atoms with Gasteiger partial charge in [0, 0.05) is 31.7 Å². The van der Waals surface area contributed by atoms with E-state index in [9.17, 15) is 4.79 Å². The maximum Gasteiger partial charge on any atom is 0.410 e. The summed E-state index contributed by atoms with van der Waals surface area (Å²) in [6, 6.07) is 11.9. The molecule has 0 radical (unpaired) electrons. The smallest absolute Gasteiger partial charge is 0.410 e. The molecule has 3 heterocycles. The molecule has 1 aliphatic rings. The number of hydrogen-bond donors (Lipinski definition) is 0. The Balaban J connectivity index is 1.57. The number of aromatic nitrogens is 3. The largest absolute Gasteiger partial charge is 0.493 e. The first kappa shape index (κ1) is 20.0. The van der Waals surface area contributed by atoms with Gasteiger partial charge in [-0.1, -0.05) is 12.1 Å². The van der Waals surface area contributed by atoms with E-state index >= 15 is 0 Å². The fourth-order valence-corrected chi connectivity index (χ4v) is 3.57. The van der Waals surface area contributed by atoms with Crippen LogP contribution in [0, 0.1) is 0 Å². The third kappa shape index (κ3) is 4.03. The highest BCUT2D eigenvalue weighted by molar-refractivity contribution is 5.70. The summed E-state index contributed by atoms with van der Waals surface area (Å²) in [4.78, 5) is 20.5. The van der Waals surface area contributed by atoms with Crippen LogP contribution in [0.25, 0.3) is 16.9 Å². The zero-order valence-corrected chi connectivity index (χ0v) is 17.6. The number of carbonyl (C=O) groups is 1. The van der Waals surface area contributed by atoms with Gasteiger partial charge in [0.15, 0.2) is 5.65 Å². The van der Waals surface area contributed by atoms with Gasteiger partial charge in [-0.25, -0.2) is 14.3 Å².